The van der Waals surface area contributed by atoms with Crippen molar-refractivity contribution in [2.75, 3.05) is 0 Å². The molecule has 0 aliphatic carbocycles. The highest BCUT2D eigenvalue weighted by molar-refractivity contribution is 5.96. The van der Waals surface area contributed by atoms with E-state index in [9.17, 15) is 25.0 Å². The Labute approximate surface area is 135 Å². The first kappa shape index (κ1) is 16.7. The number of hydrazone groups is 1. The molecule has 9 nitrogen and oxygen atoms in total. The Hall–Kier alpha value is -3.62. The molecule has 0 heterocycles. The van der Waals surface area contributed by atoms with Crippen LogP contribution >= 0.6 is 0 Å². The van der Waals surface area contributed by atoms with Gasteiger partial charge in [-0.3, -0.25) is 25.0 Å². The number of aryl methyl sites for hydroxylation is 1. The van der Waals surface area contributed by atoms with Gasteiger partial charge in [0.1, 0.15) is 0 Å². The quantitative estimate of drug-likeness (QED) is 0.512. The predicted molar refractivity (Wildman–Crippen MR) is 86.0 cm³/mol. The van der Waals surface area contributed by atoms with Gasteiger partial charge in [0.25, 0.3) is 17.3 Å². The van der Waals surface area contributed by atoms with E-state index >= 15 is 0 Å². The summed E-state index contributed by atoms with van der Waals surface area (Å²) in [6.45, 7) is 1.93. The average Bonchev–Trinajstić information content (AvgIpc) is 2.56. The number of hydrogen-bond acceptors (Lipinski definition) is 6. The average molecular weight is 328 g/mol. The predicted octanol–water partition coefficient (Wildman–Crippen LogP) is 2.58. The molecule has 0 saturated heterocycles. The van der Waals surface area contributed by atoms with Crippen LogP contribution in [0.5, 0.6) is 0 Å². The molecule has 24 heavy (non-hydrogen) atoms. The second-order valence-electron chi connectivity index (χ2n) is 4.86. The normalized spacial score (nSPS) is 10.5. The van der Waals surface area contributed by atoms with Gasteiger partial charge in [0.15, 0.2) is 0 Å². The lowest BCUT2D eigenvalue weighted by Crippen LogP contribution is -2.18. The number of nitrogens with zero attached hydrogens (tertiary/aromatic N) is 3. The Morgan fingerprint density at radius 3 is 2.08 bits per heavy atom. The minimum atomic E-state index is -0.806. The first-order valence-electron chi connectivity index (χ1n) is 6.71. The molecule has 2 rings (SSSR count). The molecule has 0 fully saturated rings. The minimum absolute atomic E-state index is 0.225. The highest BCUT2D eigenvalue weighted by atomic mass is 16.6. The van der Waals surface area contributed by atoms with Crippen LogP contribution in [0.25, 0.3) is 0 Å². The van der Waals surface area contributed by atoms with Crippen molar-refractivity contribution < 1.29 is 14.6 Å². The summed E-state index contributed by atoms with van der Waals surface area (Å²) >= 11 is 0. The summed E-state index contributed by atoms with van der Waals surface area (Å²) in [5, 5.41) is 25.3. The van der Waals surface area contributed by atoms with Crippen LogP contribution in [0.3, 0.4) is 0 Å². The Balaban J connectivity index is 2.18. The molecule has 1 amide bonds. The smallest absolute Gasteiger partial charge is 0.267 e. The Morgan fingerprint density at radius 1 is 1.04 bits per heavy atom. The lowest BCUT2D eigenvalue weighted by atomic mass is 10.1. The third kappa shape index (κ3) is 4.19. The van der Waals surface area contributed by atoms with Gasteiger partial charge in [0.05, 0.1) is 27.7 Å². The summed E-state index contributed by atoms with van der Waals surface area (Å²) in [5.74, 6) is -0.787. The van der Waals surface area contributed by atoms with Crippen LogP contribution in [0.2, 0.25) is 0 Å². The SMILES string of the molecule is Cc1ccc(/C=N\NC(=O)c2cc([N+](=O)[O-])cc([N+](=O)[O-])c2)cc1. The van der Waals surface area contributed by atoms with Gasteiger partial charge in [0.2, 0.25) is 0 Å². The van der Waals surface area contributed by atoms with Crippen molar-refractivity contribution in [3.63, 3.8) is 0 Å². The zero-order valence-corrected chi connectivity index (χ0v) is 12.5. The van der Waals surface area contributed by atoms with E-state index < -0.39 is 27.1 Å². The van der Waals surface area contributed by atoms with Crippen LogP contribution in [0.4, 0.5) is 11.4 Å². The summed E-state index contributed by atoms with van der Waals surface area (Å²) in [7, 11) is 0. The van der Waals surface area contributed by atoms with Crippen molar-refractivity contribution in [3.05, 3.63) is 79.4 Å². The molecule has 0 aromatic heterocycles. The zero-order valence-electron chi connectivity index (χ0n) is 12.5. The van der Waals surface area contributed by atoms with Gasteiger partial charge < -0.3 is 0 Å². The monoisotopic (exact) mass is 328 g/mol. The number of benzene rings is 2. The Bertz CT molecular complexity index is 798. The Kier molecular flexibility index (Phi) is 4.95. The maximum absolute atomic E-state index is 12.0. The van der Waals surface area contributed by atoms with Crippen molar-refractivity contribution >= 4 is 23.5 Å². The summed E-state index contributed by atoms with van der Waals surface area (Å²) in [6, 6.07) is 10.0. The molecule has 0 aliphatic heterocycles. The highest BCUT2D eigenvalue weighted by Crippen LogP contribution is 2.22. The number of carbonyl (C=O) groups is 1. The molecular formula is C15H12N4O5. The lowest BCUT2D eigenvalue weighted by Gasteiger charge is -2.01. The third-order valence-electron chi connectivity index (χ3n) is 3.04. The molecule has 2 aromatic carbocycles. The topological polar surface area (TPSA) is 128 Å². The number of nitro groups is 2. The Morgan fingerprint density at radius 2 is 1.58 bits per heavy atom. The number of non-ortho nitro benzene ring substituents is 2. The fourth-order valence-electron chi connectivity index (χ4n) is 1.82. The standard InChI is InChI=1S/C15H12N4O5/c1-10-2-4-11(5-3-10)9-16-17-15(20)12-6-13(18(21)22)8-14(7-12)19(23)24/h2-9H,1H3,(H,17,20)/b16-9-. The fourth-order valence-corrected chi connectivity index (χ4v) is 1.82. The summed E-state index contributed by atoms with van der Waals surface area (Å²) in [6.07, 6.45) is 1.39. The van der Waals surface area contributed by atoms with Crippen LogP contribution in [0.15, 0.2) is 47.6 Å². The van der Waals surface area contributed by atoms with E-state index in [4.69, 9.17) is 0 Å². The molecule has 1 N–H and O–H groups in total. The van der Waals surface area contributed by atoms with Crippen LogP contribution in [-0.4, -0.2) is 22.0 Å². The molecule has 0 radical (unpaired) electrons. The molecular weight excluding hydrogens is 316 g/mol. The number of carbonyl (C=O) groups excluding carboxylic acids is 1. The number of amides is 1. The maximum Gasteiger partial charge on any atom is 0.277 e. The van der Waals surface area contributed by atoms with E-state index in [-0.39, 0.29) is 5.56 Å². The largest absolute Gasteiger partial charge is 0.277 e. The summed E-state index contributed by atoms with van der Waals surface area (Å²) in [5.41, 5.74) is 2.68. The van der Waals surface area contributed by atoms with Gasteiger partial charge in [-0.2, -0.15) is 5.10 Å². The van der Waals surface area contributed by atoms with E-state index in [1.165, 1.54) is 6.21 Å². The van der Waals surface area contributed by atoms with Crippen molar-refractivity contribution in [2.45, 2.75) is 6.92 Å². The van der Waals surface area contributed by atoms with E-state index in [1.54, 1.807) is 12.1 Å². The molecule has 0 aliphatic rings. The number of nitro benzene ring substituents is 2. The molecule has 2 aromatic rings. The van der Waals surface area contributed by atoms with E-state index in [0.29, 0.717) is 0 Å². The minimum Gasteiger partial charge on any atom is -0.267 e. The first-order valence-corrected chi connectivity index (χ1v) is 6.71. The molecule has 122 valence electrons. The van der Waals surface area contributed by atoms with E-state index in [1.807, 2.05) is 19.1 Å². The lowest BCUT2D eigenvalue weighted by molar-refractivity contribution is -0.394. The second-order valence-corrected chi connectivity index (χ2v) is 4.86. The van der Waals surface area contributed by atoms with Crippen molar-refractivity contribution in [3.8, 4) is 0 Å². The van der Waals surface area contributed by atoms with Gasteiger partial charge in [-0.25, -0.2) is 5.43 Å². The fraction of sp³-hybridized carbons (Fsp3) is 0.0667. The van der Waals surface area contributed by atoms with Gasteiger partial charge in [-0.1, -0.05) is 29.8 Å². The maximum atomic E-state index is 12.0. The van der Waals surface area contributed by atoms with Crippen LogP contribution < -0.4 is 5.43 Å². The molecule has 0 spiro atoms. The van der Waals surface area contributed by atoms with Crippen molar-refractivity contribution in [2.24, 2.45) is 5.10 Å². The van der Waals surface area contributed by atoms with Gasteiger partial charge >= 0.3 is 0 Å². The summed E-state index contributed by atoms with van der Waals surface area (Å²) in [4.78, 5) is 32.0. The van der Waals surface area contributed by atoms with Crippen molar-refractivity contribution in [1.29, 1.82) is 0 Å². The molecule has 0 saturated carbocycles. The zero-order chi connectivity index (χ0) is 17.7. The van der Waals surface area contributed by atoms with Gasteiger partial charge in [-0.05, 0) is 12.5 Å². The molecule has 9 heteroatoms. The third-order valence-corrected chi connectivity index (χ3v) is 3.04. The van der Waals surface area contributed by atoms with Gasteiger partial charge in [0, 0.05) is 12.1 Å². The first-order chi connectivity index (χ1) is 11.4. The molecule has 0 bridgehead atoms. The van der Waals surface area contributed by atoms with Crippen LogP contribution in [0.1, 0.15) is 21.5 Å². The van der Waals surface area contributed by atoms with Gasteiger partial charge in [-0.15, -0.1) is 0 Å². The van der Waals surface area contributed by atoms with Crippen LogP contribution in [-0.2, 0) is 0 Å². The van der Waals surface area contributed by atoms with E-state index in [2.05, 4.69) is 10.5 Å². The summed E-state index contributed by atoms with van der Waals surface area (Å²) < 4.78 is 0. The molecule has 0 unspecified atom stereocenters. The van der Waals surface area contributed by atoms with Crippen molar-refractivity contribution in [1.82, 2.24) is 5.43 Å². The van der Waals surface area contributed by atoms with Crippen LogP contribution in [0, 0.1) is 27.2 Å². The highest BCUT2D eigenvalue weighted by Gasteiger charge is 2.19. The number of nitrogens with one attached hydrogen (secondary N) is 1. The van der Waals surface area contributed by atoms with E-state index in [0.717, 1.165) is 29.3 Å². The second kappa shape index (κ2) is 7.09. The number of rotatable bonds is 5. The molecule has 0 atom stereocenters. The number of hydrogen-bond donors (Lipinski definition) is 1.